The summed E-state index contributed by atoms with van der Waals surface area (Å²) in [4.78, 5) is 12.2. The van der Waals surface area contributed by atoms with Crippen LogP contribution < -0.4 is 10.1 Å². The zero-order valence-corrected chi connectivity index (χ0v) is 15.6. The Morgan fingerprint density at radius 3 is 2.74 bits per heavy atom. The normalized spacial score (nSPS) is 10.9. The van der Waals surface area contributed by atoms with E-state index in [-0.39, 0.29) is 18.4 Å². The monoisotopic (exact) mass is 367 g/mol. The molecule has 0 aliphatic carbocycles. The predicted octanol–water partition coefficient (Wildman–Crippen LogP) is 4.46. The van der Waals surface area contributed by atoms with Crippen LogP contribution >= 0.6 is 0 Å². The van der Waals surface area contributed by atoms with E-state index >= 15 is 0 Å². The van der Waals surface area contributed by atoms with E-state index in [4.69, 9.17) is 4.74 Å². The second-order valence-electron chi connectivity index (χ2n) is 6.65. The Balaban J connectivity index is 1.65. The first kappa shape index (κ1) is 18.6. The fraction of sp³-hybridized carbons (Fsp3) is 0.238. The summed E-state index contributed by atoms with van der Waals surface area (Å²) < 4.78 is 21.4. The maximum absolute atomic E-state index is 14.3. The minimum absolute atomic E-state index is 0.147. The number of hydrogen-bond donors (Lipinski definition) is 1. The third-order valence-corrected chi connectivity index (χ3v) is 4.13. The number of halogens is 1. The summed E-state index contributed by atoms with van der Waals surface area (Å²) in [6.45, 7) is 5.97. The maximum Gasteiger partial charge on any atom is 0.262 e. The van der Waals surface area contributed by atoms with Crippen LogP contribution in [0.1, 0.15) is 30.9 Å². The van der Waals surface area contributed by atoms with Crippen LogP contribution in [-0.4, -0.2) is 22.3 Å². The van der Waals surface area contributed by atoms with Gasteiger partial charge in [0.1, 0.15) is 11.4 Å². The molecular weight excluding hydrogens is 345 g/mol. The average Bonchev–Trinajstić information content (AvgIpc) is 3.14. The summed E-state index contributed by atoms with van der Waals surface area (Å²) in [6, 6.07) is 12.1. The van der Waals surface area contributed by atoms with Gasteiger partial charge in [0.15, 0.2) is 12.4 Å². The molecule has 0 fully saturated rings. The van der Waals surface area contributed by atoms with Gasteiger partial charge in [0.2, 0.25) is 0 Å². The quantitative estimate of drug-likeness (QED) is 0.700. The molecule has 5 nitrogen and oxygen atoms in total. The van der Waals surface area contributed by atoms with Crippen molar-refractivity contribution in [1.82, 2.24) is 9.78 Å². The fourth-order valence-corrected chi connectivity index (χ4v) is 2.77. The molecule has 1 amide bonds. The van der Waals surface area contributed by atoms with Gasteiger partial charge in [-0.1, -0.05) is 26.0 Å². The van der Waals surface area contributed by atoms with Gasteiger partial charge < -0.3 is 10.1 Å². The zero-order chi connectivity index (χ0) is 19.4. The largest absolute Gasteiger partial charge is 0.483 e. The van der Waals surface area contributed by atoms with E-state index in [1.54, 1.807) is 30.6 Å². The van der Waals surface area contributed by atoms with Crippen LogP contribution in [0, 0.1) is 12.7 Å². The molecule has 0 aliphatic rings. The number of aryl methyl sites for hydroxylation is 1. The molecule has 1 heterocycles. The van der Waals surface area contributed by atoms with E-state index in [0.717, 1.165) is 11.1 Å². The summed E-state index contributed by atoms with van der Waals surface area (Å²) in [5.74, 6) is 0.156. The minimum atomic E-state index is -0.474. The number of anilines is 1. The minimum Gasteiger partial charge on any atom is -0.483 e. The summed E-state index contributed by atoms with van der Waals surface area (Å²) in [5, 5.41) is 6.65. The molecule has 2 aromatic carbocycles. The lowest BCUT2D eigenvalue weighted by molar-refractivity contribution is -0.118. The number of rotatable bonds is 6. The number of nitrogens with zero attached hydrogens (tertiary/aromatic N) is 2. The molecule has 1 aromatic heterocycles. The molecular formula is C21H22FN3O2. The second-order valence-corrected chi connectivity index (χ2v) is 6.65. The Morgan fingerprint density at radius 2 is 2.07 bits per heavy atom. The number of hydrogen-bond acceptors (Lipinski definition) is 3. The molecule has 140 valence electrons. The lowest BCUT2D eigenvalue weighted by Gasteiger charge is -2.15. The van der Waals surface area contributed by atoms with E-state index in [2.05, 4.69) is 24.3 Å². The van der Waals surface area contributed by atoms with Crippen LogP contribution in [0.3, 0.4) is 0 Å². The zero-order valence-electron chi connectivity index (χ0n) is 15.6. The number of carbonyl (C=O) groups excluding carboxylic acids is 1. The van der Waals surface area contributed by atoms with Gasteiger partial charge in [0, 0.05) is 18.1 Å². The first-order valence-corrected chi connectivity index (χ1v) is 8.77. The van der Waals surface area contributed by atoms with Crippen molar-refractivity contribution in [1.29, 1.82) is 0 Å². The average molecular weight is 367 g/mol. The lowest BCUT2D eigenvalue weighted by atomic mass is 10.0. The fourth-order valence-electron chi connectivity index (χ4n) is 2.77. The molecule has 0 radical (unpaired) electrons. The molecule has 6 heteroatoms. The molecule has 3 rings (SSSR count). The van der Waals surface area contributed by atoms with Crippen molar-refractivity contribution < 1.29 is 13.9 Å². The van der Waals surface area contributed by atoms with Gasteiger partial charge in [0.25, 0.3) is 5.91 Å². The predicted molar refractivity (Wildman–Crippen MR) is 103 cm³/mol. The highest BCUT2D eigenvalue weighted by atomic mass is 19.1. The lowest BCUT2D eigenvalue weighted by Crippen LogP contribution is -2.20. The SMILES string of the molecule is Cc1ccc(C(C)C)c(OCC(=O)Nc2ccc(-n3cccn3)c(F)c2)c1. The van der Waals surface area contributed by atoms with Crippen LogP contribution in [-0.2, 0) is 4.79 Å². The first-order chi connectivity index (χ1) is 12.9. The van der Waals surface area contributed by atoms with Gasteiger partial charge in [-0.25, -0.2) is 9.07 Å². The molecule has 0 atom stereocenters. The van der Waals surface area contributed by atoms with Gasteiger partial charge in [-0.05, 0) is 54.3 Å². The molecule has 27 heavy (non-hydrogen) atoms. The van der Waals surface area contributed by atoms with Gasteiger partial charge in [0.05, 0.1) is 0 Å². The van der Waals surface area contributed by atoms with Gasteiger partial charge in [-0.3, -0.25) is 4.79 Å². The summed E-state index contributed by atoms with van der Waals surface area (Å²) in [7, 11) is 0. The summed E-state index contributed by atoms with van der Waals surface area (Å²) in [6.07, 6.45) is 3.22. The second kappa shape index (κ2) is 8.03. The van der Waals surface area contributed by atoms with Crippen LogP contribution in [0.5, 0.6) is 5.75 Å². The third kappa shape index (κ3) is 4.53. The molecule has 0 bridgehead atoms. The van der Waals surface area contributed by atoms with Gasteiger partial charge in [-0.15, -0.1) is 0 Å². The van der Waals surface area contributed by atoms with E-state index in [0.29, 0.717) is 17.1 Å². The van der Waals surface area contributed by atoms with Gasteiger partial charge in [-0.2, -0.15) is 5.10 Å². The summed E-state index contributed by atoms with van der Waals surface area (Å²) >= 11 is 0. The molecule has 0 unspecified atom stereocenters. The van der Waals surface area contributed by atoms with Crippen molar-refractivity contribution >= 4 is 11.6 Å². The molecule has 0 aliphatic heterocycles. The Morgan fingerprint density at radius 1 is 1.26 bits per heavy atom. The smallest absolute Gasteiger partial charge is 0.262 e. The Hall–Kier alpha value is -3.15. The van der Waals surface area contributed by atoms with Crippen molar-refractivity contribution in [3.05, 3.63) is 71.8 Å². The molecule has 0 saturated carbocycles. The van der Waals surface area contributed by atoms with E-state index in [9.17, 15) is 9.18 Å². The standard InChI is InChI=1S/C21H22FN3O2/c1-14(2)17-7-5-15(3)11-20(17)27-13-21(26)24-16-6-8-19(18(22)12-16)25-10-4-9-23-25/h4-12,14H,13H2,1-3H3,(H,24,26). The first-order valence-electron chi connectivity index (χ1n) is 8.77. The Kier molecular flexibility index (Phi) is 5.54. The molecule has 1 N–H and O–H groups in total. The number of nitrogens with one attached hydrogen (secondary N) is 1. The maximum atomic E-state index is 14.3. The van der Waals surface area contributed by atoms with Crippen LogP contribution in [0.25, 0.3) is 5.69 Å². The van der Waals surface area contributed by atoms with Crippen molar-refractivity contribution in [2.24, 2.45) is 0 Å². The van der Waals surface area contributed by atoms with Crippen molar-refractivity contribution in [2.45, 2.75) is 26.7 Å². The molecule has 0 saturated heterocycles. The highest BCUT2D eigenvalue weighted by Gasteiger charge is 2.12. The number of benzene rings is 2. The van der Waals surface area contributed by atoms with Crippen LogP contribution in [0.2, 0.25) is 0 Å². The van der Waals surface area contributed by atoms with E-state index in [1.807, 2.05) is 25.1 Å². The topological polar surface area (TPSA) is 56.1 Å². The highest BCUT2D eigenvalue weighted by Crippen LogP contribution is 2.27. The van der Waals surface area contributed by atoms with Crippen molar-refractivity contribution in [2.75, 3.05) is 11.9 Å². The van der Waals surface area contributed by atoms with E-state index < -0.39 is 5.82 Å². The molecule has 0 spiro atoms. The molecule has 3 aromatic rings. The van der Waals surface area contributed by atoms with Crippen LogP contribution in [0.15, 0.2) is 54.9 Å². The Bertz CT molecular complexity index is 937. The number of ether oxygens (including phenoxy) is 1. The van der Waals surface area contributed by atoms with Gasteiger partial charge >= 0.3 is 0 Å². The Labute approximate surface area is 157 Å². The highest BCUT2D eigenvalue weighted by molar-refractivity contribution is 5.92. The van der Waals surface area contributed by atoms with Crippen LogP contribution in [0.4, 0.5) is 10.1 Å². The van der Waals surface area contributed by atoms with Crippen molar-refractivity contribution in [3.63, 3.8) is 0 Å². The number of amides is 1. The number of carbonyl (C=O) groups is 1. The summed E-state index contributed by atoms with van der Waals surface area (Å²) in [5.41, 5.74) is 2.79. The number of aromatic nitrogens is 2. The van der Waals surface area contributed by atoms with E-state index in [1.165, 1.54) is 10.7 Å². The third-order valence-electron chi connectivity index (χ3n) is 4.13. The van der Waals surface area contributed by atoms with Crippen molar-refractivity contribution in [3.8, 4) is 11.4 Å².